The van der Waals surface area contributed by atoms with Crippen LogP contribution in [-0.2, 0) is 0 Å². The fourth-order valence-electron chi connectivity index (χ4n) is 2.07. The first-order valence-electron chi connectivity index (χ1n) is 6.81. The number of hydrogen-bond donors (Lipinski definition) is 0. The van der Waals surface area contributed by atoms with Crippen molar-refractivity contribution in [2.45, 2.75) is 26.7 Å². The molecule has 2 rings (SSSR count). The van der Waals surface area contributed by atoms with E-state index in [9.17, 15) is 10.1 Å². The first-order chi connectivity index (χ1) is 9.56. The predicted octanol–water partition coefficient (Wildman–Crippen LogP) is 3.51. The molecule has 108 valence electrons. The molecule has 0 aromatic heterocycles. The SMILES string of the molecule is CC(C)CC(=Cc1ccc2c(c1)OCCCO2)[N+](=O)[O-]. The second-order valence-electron chi connectivity index (χ2n) is 5.25. The van der Waals surface area contributed by atoms with Gasteiger partial charge in [-0.1, -0.05) is 19.9 Å². The minimum atomic E-state index is -0.316. The summed E-state index contributed by atoms with van der Waals surface area (Å²) in [7, 11) is 0. The topological polar surface area (TPSA) is 61.6 Å². The largest absolute Gasteiger partial charge is 0.490 e. The molecule has 1 aromatic carbocycles. The van der Waals surface area contributed by atoms with Gasteiger partial charge in [0.15, 0.2) is 11.5 Å². The van der Waals surface area contributed by atoms with E-state index in [0.29, 0.717) is 31.1 Å². The highest BCUT2D eigenvalue weighted by atomic mass is 16.6. The first kappa shape index (κ1) is 14.4. The summed E-state index contributed by atoms with van der Waals surface area (Å²) < 4.78 is 11.1. The van der Waals surface area contributed by atoms with Crippen LogP contribution in [0.1, 0.15) is 32.3 Å². The van der Waals surface area contributed by atoms with E-state index in [4.69, 9.17) is 9.47 Å². The predicted molar refractivity (Wildman–Crippen MR) is 76.5 cm³/mol. The van der Waals surface area contributed by atoms with Crippen molar-refractivity contribution in [3.05, 3.63) is 39.6 Å². The van der Waals surface area contributed by atoms with E-state index in [1.54, 1.807) is 18.2 Å². The molecule has 0 aliphatic carbocycles. The molecule has 5 heteroatoms. The fourth-order valence-corrected chi connectivity index (χ4v) is 2.07. The van der Waals surface area contributed by atoms with E-state index in [1.165, 1.54) is 0 Å². The lowest BCUT2D eigenvalue weighted by molar-refractivity contribution is -0.427. The zero-order valence-corrected chi connectivity index (χ0v) is 11.8. The van der Waals surface area contributed by atoms with Crippen LogP contribution >= 0.6 is 0 Å². The summed E-state index contributed by atoms with van der Waals surface area (Å²) in [5.74, 6) is 1.60. The minimum Gasteiger partial charge on any atom is -0.490 e. The van der Waals surface area contributed by atoms with Gasteiger partial charge in [-0.25, -0.2) is 0 Å². The first-order valence-corrected chi connectivity index (χ1v) is 6.81. The number of rotatable bonds is 4. The smallest absolute Gasteiger partial charge is 0.247 e. The van der Waals surface area contributed by atoms with Crippen LogP contribution in [0.25, 0.3) is 6.08 Å². The third kappa shape index (κ3) is 3.73. The molecule has 0 saturated heterocycles. The Bertz CT molecular complexity index is 523. The van der Waals surface area contributed by atoms with Gasteiger partial charge in [-0.05, 0) is 23.6 Å². The standard InChI is InChI=1S/C15H19NO4/c1-11(2)8-13(16(17)18)9-12-4-5-14-15(10-12)20-7-3-6-19-14/h4-5,9-11H,3,6-8H2,1-2H3. The molecular weight excluding hydrogens is 258 g/mol. The maximum absolute atomic E-state index is 11.1. The van der Waals surface area contributed by atoms with Gasteiger partial charge >= 0.3 is 0 Å². The third-order valence-corrected chi connectivity index (χ3v) is 2.96. The van der Waals surface area contributed by atoms with Gasteiger partial charge in [-0.2, -0.15) is 0 Å². The normalized spacial score (nSPS) is 15.1. The second kappa shape index (κ2) is 6.41. The average Bonchev–Trinajstić information content (AvgIpc) is 2.62. The Morgan fingerprint density at radius 2 is 2.05 bits per heavy atom. The van der Waals surface area contributed by atoms with Crippen molar-refractivity contribution in [1.82, 2.24) is 0 Å². The molecule has 5 nitrogen and oxygen atoms in total. The zero-order chi connectivity index (χ0) is 14.5. The quantitative estimate of drug-likeness (QED) is 0.624. The lowest BCUT2D eigenvalue weighted by Crippen LogP contribution is -2.02. The van der Waals surface area contributed by atoms with E-state index in [-0.39, 0.29) is 16.5 Å². The molecular formula is C15H19NO4. The van der Waals surface area contributed by atoms with Gasteiger partial charge in [-0.15, -0.1) is 0 Å². The fraction of sp³-hybridized carbons (Fsp3) is 0.467. The van der Waals surface area contributed by atoms with Crippen LogP contribution < -0.4 is 9.47 Å². The van der Waals surface area contributed by atoms with Gasteiger partial charge in [0.05, 0.1) is 18.1 Å². The van der Waals surface area contributed by atoms with Crippen LogP contribution in [0.15, 0.2) is 23.9 Å². The molecule has 0 N–H and O–H groups in total. The average molecular weight is 277 g/mol. The number of allylic oxidation sites excluding steroid dienone is 1. The molecule has 1 aliphatic heterocycles. The van der Waals surface area contributed by atoms with Crippen LogP contribution in [0.4, 0.5) is 0 Å². The van der Waals surface area contributed by atoms with Gasteiger partial charge in [-0.3, -0.25) is 10.1 Å². The van der Waals surface area contributed by atoms with Crippen molar-refractivity contribution in [3.8, 4) is 11.5 Å². The van der Waals surface area contributed by atoms with Crippen molar-refractivity contribution >= 4 is 6.08 Å². The molecule has 0 fully saturated rings. The monoisotopic (exact) mass is 277 g/mol. The van der Waals surface area contributed by atoms with E-state index in [2.05, 4.69) is 0 Å². The van der Waals surface area contributed by atoms with Crippen molar-refractivity contribution in [2.24, 2.45) is 5.92 Å². The second-order valence-corrected chi connectivity index (χ2v) is 5.25. The maximum atomic E-state index is 11.1. The summed E-state index contributed by atoms with van der Waals surface area (Å²) in [6, 6.07) is 5.42. The molecule has 0 atom stereocenters. The lowest BCUT2D eigenvalue weighted by atomic mass is 10.1. The summed E-state index contributed by atoms with van der Waals surface area (Å²) in [6.45, 7) is 5.17. The number of ether oxygens (including phenoxy) is 2. The number of nitro groups is 1. The van der Waals surface area contributed by atoms with Crippen LogP contribution in [0, 0.1) is 16.0 Å². The minimum absolute atomic E-state index is 0.217. The Morgan fingerprint density at radius 1 is 1.35 bits per heavy atom. The zero-order valence-electron chi connectivity index (χ0n) is 11.8. The van der Waals surface area contributed by atoms with Crippen LogP contribution in [0.5, 0.6) is 11.5 Å². The molecule has 1 aliphatic rings. The van der Waals surface area contributed by atoms with Gasteiger partial charge in [0.2, 0.25) is 5.70 Å². The maximum Gasteiger partial charge on any atom is 0.247 e. The van der Waals surface area contributed by atoms with E-state index in [1.807, 2.05) is 19.9 Å². The highest BCUT2D eigenvalue weighted by molar-refractivity contribution is 5.57. The van der Waals surface area contributed by atoms with Gasteiger partial charge in [0.1, 0.15) is 0 Å². The Hall–Kier alpha value is -2.04. The lowest BCUT2D eigenvalue weighted by Gasteiger charge is -2.08. The van der Waals surface area contributed by atoms with Gasteiger partial charge in [0, 0.05) is 18.9 Å². The Kier molecular flexibility index (Phi) is 4.61. The Labute approximate surface area is 118 Å². The number of nitrogens with zero attached hydrogens (tertiary/aromatic N) is 1. The van der Waals surface area contributed by atoms with Crippen molar-refractivity contribution in [1.29, 1.82) is 0 Å². The number of hydrogen-bond acceptors (Lipinski definition) is 4. The molecule has 0 bridgehead atoms. The molecule has 20 heavy (non-hydrogen) atoms. The van der Waals surface area contributed by atoms with Crippen molar-refractivity contribution < 1.29 is 14.4 Å². The van der Waals surface area contributed by atoms with Crippen molar-refractivity contribution in [2.75, 3.05) is 13.2 Å². The van der Waals surface area contributed by atoms with Gasteiger partial charge < -0.3 is 9.47 Å². The molecule has 0 radical (unpaired) electrons. The summed E-state index contributed by atoms with van der Waals surface area (Å²) >= 11 is 0. The molecule has 0 spiro atoms. The van der Waals surface area contributed by atoms with E-state index in [0.717, 1.165) is 12.0 Å². The number of fused-ring (bicyclic) bond motifs is 1. The molecule has 1 aromatic rings. The highest BCUT2D eigenvalue weighted by Gasteiger charge is 2.15. The Balaban J connectivity index is 2.27. The van der Waals surface area contributed by atoms with Crippen LogP contribution in [0.3, 0.4) is 0 Å². The summed E-state index contributed by atoms with van der Waals surface area (Å²) in [5, 5.41) is 11.1. The molecule has 0 amide bonds. The molecule has 1 heterocycles. The molecule has 0 saturated carbocycles. The van der Waals surface area contributed by atoms with Crippen LogP contribution in [0.2, 0.25) is 0 Å². The summed E-state index contributed by atoms with van der Waals surface area (Å²) in [4.78, 5) is 10.7. The van der Waals surface area contributed by atoms with E-state index < -0.39 is 0 Å². The summed E-state index contributed by atoms with van der Waals surface area (Å²) in [5.41, 5.74) is 0.982. The van der Waals surface area contributed by atoms with Crippen LogP contribution in [-0.4, -0.2) is 18.1 Å². The van der Waals surface area contributed by atoms with Gasteiger partial charge in [0.25, 0.3) is 0 Å². The summed E-state index contributed by atoms with van der Waals surface area (Å²) in [6.07, 6.45) is 2.89. The third-order valence-electron chi connectivity index (χ3n) is 2.96. The Morgan fingerprint density at radius 3 is 2.70 bits per heavy atom. The highest BCUT2D eigenvalue weighted by Crippen LogP contribution is 2.31. The van der Waals surface area contributed by atoms with Crippen molar-refractivity contribution in [3.63, 3.8) is 0 Å². The molecule has 0 unspecified atom stereocenters. The van der Waals surface area contributed by atoms with E-state index >= 15 is 0 Å². The number of benzene rings is 1.